The van der Waals surface area contributed by atoms with Crippen LogP contribution < -0.4 is 21.2 Å². The van der Waals surface area contributed by atoms with E-state index in [1.165, 1.54) is 26.0 Å². The molecule has 1 aromatic carbocycles. The van der Waals surface area contributed by atoms with Crippen molar-refractivity contribution in [2.24, 2.45) is 13.0 Å². The van der Waals surface area contributed by atoms with E-state index >= 15 is 0 Å². The highest BCUT2D eigenvalue weighted by atomic mass is 32.2. The number of aromatic nitrogens is 7. The zero-order valence-corrected chi connectivity index (χ0v) is 36.1. The van der Waals surface area contributed by atoms with Gasteiger partial charge in [-0.2, -0.15) is 10.2 Å². The summed E-state index contributed by atoms with van der Waals surface area (Å²) in [5.41, 5.74) is 1.25. The normalized spacial score (nSPS) is 22.2. The molecular formula is C43H49F2N11O7S. The van der Waals surface area contributed by atoms with Gasteiger partial charge in [-0.1, -0.05) is 17.9 Å². The molecule has 3 saturated heterocycles. The van der Waals surface area contributed by atoms with Crippen molar-refractivity contribution in [3.05, 3.63) is 70.2 Å². The molecule has 4 aromatic heterocycles. The van der Waals surface area contributed by atoms with Crippen molar-refractivity contribution in [3.8, 4) is 11.8 Å². The monoisotopic (exact) mass is 901 g/mol. The number of hydrogen-bond donors (Lipinski definition) is 2. The minimum Gasteiger partial charge on any atom is -0.365 e. The molecule has 7 heterocycles. The molecule has 4 aliphatic rings. The van der Waals surface area contributed by atoms with Gasteiger partial charge in [0.2, 0.25) is 11.8 Å². The first kappa shape index (κ1) is 43.3. The third-order valence-corrected chi connectivity index (χ3v) is 14.6. The fraction of sp³-hybridized carbons (Fsp3) is 0.512. The zero-order chi connectivity index (χ0) is 44.7. The lowest BCUT2D eigenvalue weighted by Crippen LogP contribution is -2.44. The van der Waals surface area contributed by atoms with E-state index in [-0.39, 0.29) is 84.7 Å². The number of halogens is 2. The number of nitrogens with zero attached hydrogens (tertiary/aromatic N) is 9. The molecule has 18 nitrogen and oxygen atoms in total. The third-order valence-electron chi connectivity index (χ3n) is 13.0. The molecule has 2 N–H and O–H groups in total. The maximum Gasteiger partial charge on any atom is 0.329 e. The number of carbonyl (C=O) groups is 3. The summed E-state index contributed by atoms with van der Waals surface area (Å²) in [4.78, 5) is 59.9. The molecule has 1 unspecified atom stereocenters. The zero-order valence-electron chi connectivity index (χ0n) is 35.3. The van der Waals surface area contributed by atoms with Crippen molar-refractivity contribution in [1.29, 1.82) is 0 Å². The Balaban J connectivity index is 0.749. The lowest BCUT2D eigenvalue weighted by Gasteiger charge is -2.36. The number of hydrogen-bond acceptors (Lipinski definition) is 12. The number of anilines is 2. The van der Waals surface area contributed by atoms with Crippen molar-refractivity contribution < 1.29 is 36.3 Å². The number of likely N-dealkylation sites (tertiary alicyclic amines) is 1. The summed E-state index contributed by atoms with van der Waals surface area (Å²) in [6.07, 6.45) is 7.11. The highest BCUT2D eigenvalue weighted by Crippen LogP contribution is 2.36. The highest BCUT2D eigenvalue weighted by Gasteiger charge is 2.33. The van der Waals surface area contributed by atoms with Gasteiger partial charge in [-0.15, -0.1) is 0 Å². The van der Waals surface area contributed by atoms with Crippen molar-refractivity contribution >= 4 is 55.7 Å². The van der Waals surface area contributed by atoms with E-state index in [1.807, 2.05) is 11.0 Å². The number of sulfone groups is 1. The average Bonchev–Trinajstić information content (AvgIpc) is 3.97. The number of ether oxygens (including phenoxy) is 1. The first-order valence-electron chi connectivity index (χ1n) is 21.7. The van der Waals surface area contributed by atoms with Gasteiger partial charge >= 0.3 is 5.69 Å². The van der Waals surface area contributed by atoms with Crippen LogP contribution in [0.1, 0.15) is 91.5 Å². The molecule has 21 heteroatoms. The molecular weight excluding hydrogens is 853 g/mol. The van der Waals surface area contributed by atoms with Gasteiger partial charge in [-0.3, -0.25) is 33.5 Å². The van der Waals surface area contributed by atoms with Gasteiger partial charge in [-0.05, 0) is 69.1 Å². The second-order valence-corrected chi connectivity index (χ2v) is 19.4. The Hall–Kier alpha value is -5.98. The minimum absolute atomic E-state index is 0.00560. The molecule has 64 heavy (non-hydrogen) atoms. The van der Waals surface area contributed by atoms with E-state index in [2.05, 4.69) is 42.6 Å². The molecule has 3 aliphatic heterocycles. The molecule has 1 saturated carbocycles. The average molecular weight is 902 g/mol. The number of para-hydroxylation sites is 1. The Bertz CT molecular complexity index is 2830. The summed E-state index contributed by atoms with van der Waals surface area (Å²) >= 11 is 0. The van der Waals surface area contributed by atoms with Crippen LogP contribution in [0.3, 0.4) is 0 Å². The number of benzene rings is 1. The van der Waals surface area contributed by atoms with Gasteiger partial charge in [-0.25, -0.2) is 31.5 Å². The van der Waals surface area contributed by atoms with Gasteiger partial charge in [0.15, 0.2) is 21.2 Å². The van der Waals surface area contributed by atoms with Gasteiger partial charge < -0.3 is 19.9 Å². The fourth-order valence-corrected chi connectivity index (χ4v) is 10.7. The van der Waals surface area contributed by atoms with Crippen LogP contribution in [0, 0.1) is 17.8 Å². The third kappa shape index (κ3) is 8.90. The van der Waals surface area contributed by atoms with E-state index < -0.39 is 39.8 Å². The first-order chi connectivity index (χ1) is 30.8. The summed E-state index contributed by atoms with van der Waals surface area (Å²) in [7, 11) is -1.45. The van der Waals surface area contributed by atoms with Gasteiger partial charge in [0.25, 0.3) is 12.3 Å². The summed E-state index contributed by atoms with van der Waals surface area (Å²) < 4.78 is 64.4. The summed E-state index contributed by atoms with van der Waals surface area (Å²) in [5.74, 6) is 5.74. The fourth-order valence-electron chi connectivity index (χ4n) is 9.45. The number of imidazole rings is 1. The summed E-state index contributed by atoms with van der Waals surface area (Å²) in [6.45, 7) is 3.49. The number of fused-ring (bicyclic) bond motifs is 2. The predicted octanol–water partition coefficient (Wildman–Crippen LogP) is 3.25. The van der Waals surface area contributed by atoms with Gasteiger partial charge in [0.05, 0.1) is 52.1 Å². The van der Waals surface area contributed by atoms with E-state index in [0.29, 0.717) is 28.3 Å². The van der Waals surface area contributed by atoms with Crippen LogP contribution in [0.25, 0.3) is 16.7 Å². The standard InChI is InChI=1S/C43H49F2N11O7S/c1-51-38-28(4-2-6-33(38)56(43(51)60)34-11-12-36(57)49-42(34)59)5-3-21-63-30-13-16-52(17-14-30)25-27-7-9-29(10-8-27)55-26-32(37(50-55)39(44)45)47-41(58)31-24-46-54-18-15-35(48-40(31)54)53-19-22-64(61,62)23-20-53/h2,4,6,15,18,24,26-27,29-30,34,39H,7-14,16-17,19-23,25H2,1H3,(H,47,58)(H,49,57,59)/t27-,29-,34?. The van der Waals surface area contributed by atoms with E-state index in [4.69, 9.17) is 4.74 Å². The van der Waals surface area contributed by atoms with Crippen molar-refractivity contribution in [1.82, 2.24) is 43.7 Å². The number of nitrogens with one attached hydrogen (secondary N) is 2. The smallest absolute Gasteiger partial charge is 0.329 e. The van der Waals surface area contributed by atoms with Crippen LogP contribution in [0.15, 0.2) is 47.7 Å². The number of amides is 3. The van der Waals surface area contributed by atoms with Crippen LogP contribution in [0.4, 0.5) is 20.3 Å². The molecule has 3 amide bonds. The summed E-state index contributed by atoms with van der Waals surface area (Å²) in [6, 6.07) is 6.25. The molecule has 1 aliphatic carbocycles. The van der Waals surface area contributed by atoms with Crippen LogP contribution in [-0.2, 0) is 31.2 Å². The van der Waals surface area contributed by atoms with Crippen LogP contribution in [-0.4, -0.2) is 121 Å². The Morgan fingerprint density at radius 3 is 2.52 bits per heavy atom. The van der Waals surface area contributed by atoms with Crippen LogP contribution >= 0.6 is 0 Å². The quantitative estimate of drug-likeness (QED) is 0.154. The molecule has 4 fully saturated rings. The largest absolute Gasteiger partial charge is 0.365 e. The Labute approximate surface area is 366 Å². The Morgan fingerprint density at radius 1 is 1.02 bits per heavy atom. The molecule has 1 atom stereocenters. The molecule has 5 aromatic rings. The van der Waals surface area contributed by atoms with Crippen LogP contribution in [0.5, 0.6) is 0 Å². The number of alkyl halides is 2. The van der Waals surface area contributed by atoms with Gasteiger partial charge in [0, 0.05) is 58.6 Å². The predicted molar refractivity (Wildman–Crippen MR) is 231 cm³/mol. The number of rotatable bonds is 10. The minimum atomic E-state index is -3.10. The maximum absolute atomic E-state index is 14.3. The second-order valence-electron chi connectivity index (χ2n) is 17.1. The lowest BCUT2D eigenvalue weighted by atomic mass is 9.85. The van der Waals surface area contributed by atoms with Crippen molar-refractivity contribution in [2.45, 2.75) is 76.0 Å². The maximum atomic E-state index is 14.3. The second kappa shape index (κ2) is 17.9. The highest BCUT2D eigenvalue weighted by molar-refractivity contribution is 7.91. The molecule has 0 bridgehead atoms. The van der Waals surface area contributed by atoms with E-state index in [0.717, 1.165) is 58.2 Å². The Kier molecular flexibility index (Phi) is 12.1. The SMILES string of the molecule is Cn1c(=O)n(C2CCC(=O)NC2=O)c2cccc(C#CCOC3CCN(C[C@H]4CC[C@H](n5cc(NC(=O)c6cnn7ccc(N8CCS(=O)(=O)CC8)nc67)c(C(F)F)n5)CC4)CC3)c21. The van der Waals surface area contributed by atoms with Gasteiger partial charge in [0.1, 0.15) is 24.0 Å². The van der Waals surface area contributed by atoms with Crippen LogP contribution in [0.2, 0.25) is 0 Å². The molecule has 9 rings (SSSR count). The van der Waals surface area contributed by atoms with Crippen molar-refractivity contribution in [2.75, 3.05) is 61.1 Å². The molecule has 338 valence electrons. The Morgan fingerprint density at radius 2 is 1.78 bits per heavy atom. The van der Waals surface area contributed by atoms with E-state index in [1.54, 1.807) is 36.1 Å². The number of aryl methyl sites for hydroxylation is 1. The van der Waals surface area contributed by atoms with E-state index in [9.17, 15) is 36.4 Å². The number of imide groups is 1. The first-order valence-corrected chi connectivity index (χ1v) is 23.5. The lowest BCUT2D eigenvalue weighted by molar-refractivity contribution is -0.135. The molecule has 0 radical (unpaired) electrons. The number of carbonyl (C=O) groups excluding carboxylic acids is 3. The number of piperidine rings is 2. The molecule has 0 spiro atoms. The van der Waals surface area contributed by atoms with Crippen molar-refractivity contribution in [3.63, 3.8) is 0 Å². The summed E-state index contributed by atoms with van der Waals surface area (Å²) in [5, 5.41) is 13.4. The topological polar surface area (TPSA) is 200 Å².